The van der Waals surface area contributed by atoms with Crippen molar-refractivity contribution in [3.63, 3.8) is 0 Å². The minimum Gasteiger partial charge on any atom is -0.481 e. The van der Waals surface area contributed by atoms with Gasteiger partial charge in [-0.15, -0.1) is 0 Å². The number of hydrogen-bond donors (Lipinski definition) is 2. The number of nitrogens with zero attached hydrogens (tertiary/aromatic N) is 4. The van der Waals surface area contributed by atoms with Gasteiger partial charge in [0.15, 0.2) is 5.76 Å². The van der Waals surface area contributed by atoms with E-state index in [1.54, 1.807) is 55.1 Å². The Bertz CT molecular complexity index is 1220. The second-order valence-corrected chi connectivity index (χ2v) is 7.76. The molecule has 158 valence electrons. The minimum atomic E-state index is -0.931. The van der Waals surface area contributed by atoms with Crippen molar-refractivity contribution < 1.29 is 14.4 Å². The molecule has 0 aliphatic carbocycles. The van der Waals surface area contributed by atoms with Gasteiger partial charge in [-0.05, 0) is 29.8 Å². The SMILES string of the molecule is Nc1ccc(C(CC(=O)O)c2cn(Cc3cc(-c4ccc(Cl)c(Cl)c4)on3)cn2)cn1. The van der Waals surface area contributed by atoms with Crippen molar-refractivity contribution in [2.45, 2.75) is 18.9 Å². The van der Waals surface area contributed by atoms with Crippen LogP contribution in [-0.4, -0.2) is 30.8 Å². The maximum atomic E-state index is 11.4. The number of halogens is 2. The molecule has 3 heterocycles. The molecular weight excluding hydrogens is 441 g/mol. The van der Waals surface area contributed by atoms with Crippen LogP contribution in [0.4, 0.5) is 5.82 Å². The third kappa shape index (κ3) is 4.87. The molecule has 4 aromatic rings. The number of benzene rings is 1. The van der Waals surface area contributed by atoms with Crippen LogP contribution in [0.15, 0.2) is 59.6 Å². The van der Waals surface area contributed by atoms with Crippen molar-refractivity contribution >= 4 is 35.0 Å². The number of aromatic nitrogens is 4. The lowest BCUT2D eigenvalue weighted by molar-refractivity contribution is -0.137. The second kappa shape index (κ2) is 8.79. The highest BCUT2D eigenvalue weighted by Crippen LogP contribution is 2.30. The lowest BCUT2D eigenvalue weighted by atomic mass is 9.94. The fourth-order valence-corrected chi connectivity index (χ4v) is 3.49. The van der Waals surface area contributed by atoms with E-state index in [0.717, 1.165) is 11.1 Å². The van der Waals surface area contributed by atoms with Gasteiger partial charge in [0, 0.05) is 29.9 Å². The second-order valence-electron chi connectivity index (χ2n) is 6.95. The number of nitrogens with two attached hydrogens (primary N) is 1. The molecule has 0 saturated heterocycles. The van der Waals surface area contributed by atoms with E-state index >= 15 is 0 Å². The summed E-state index contributed by atoms with van der Waals surface area (Å²) in [7, 11) is 0. The largest absolute Gasteiger partial charge is 0.481 e. The topological polar surface area (TPSA) is 120 Å². The van der Waals surface area contributed by atoms with Crippen LogP contribution in [-0.2, 0) is 11.3 Å². The monoisotopic (exact) mass is 457 g/mol. The number of carboxylic acid groups (broad SMARTS) is 1. The molecule has 1 aromatic carbocycles. The first-order valence-corrected chi connectivity index (χ1v) is 10.0. The van der Waals surface area contributed by atoms with Crippen molar-refractivity contribution in [2.24, 2.45) is 0 Å². The number of hydrogen-bond acceptors (Lipinski definition) is 6. The van der Waals surface area contributed by atoms with Gasteiger partial charge in [-0.2, -0.15) is 0 Å². The number of anilines is 1. The number of imidazole rings is 1. The summed E-state index contributed by atoms with van der Waals surface area (Å²) in [5.41, 5.74) is 8.42. The van der Waals surface area contributed by atoms with Crippen LogP contribution in [0.2, 0.25) is 10.0 Å². The Balaban J connectivity index is 1.54. The Hall–Kier alpha value is -3.36. The number of rotatable bonds is 7. The molecule has 0 spiro atoms. The summed E-state index contributed by atoms with van der Waals surface area (Å²) in [5.74, 6) is -0.451. The molecular formula is C21H17Cl2N5O3. The molecule has 0 aliphatic rings. The van der Waals surface area contributed by atoms with Crippen molar-refractivity contribution in [2.75, 3.05) is 5.73 Å². The van der Waals surface area contributed by atoms with Crippen LogP contribution in [0.25, 0.3) is 11.3 Å². The summed E-state index contributed by atoms with van der Waals surface area (Å²) in [6.45, 7) is 0.400. The fourth-order valence-electron chi connectivity index (χ4n) is 3.19. The van der Waals surface area contributed by atoms with Crippen molar-refractivity contribution in [1.82, 2.24) is 19.7 Å². The fraction of sp³-hybridized carbons (Fsp3) is 0.143. The van der Waals surface area contributed by atoms with Gasteiger partial charge in [0.05, 0.1) is 35.0 Å². The first-order valence-electron chi connectivity index (χ1n) is 9.25. The summed E-state index contributed by atoms with van der Waals surface area (Å²) < 4.78 is 7.23. The van der Waals surface area contributed by atoms with Crippen LogP contribution in [0.1, 0.15) is 29.3 Å². The normalized spacial score (nSPS) is 12.1. The maximum absolute atomic E-state index is 11.4. The van der Waals surface area contributed by atoms with Crippen LogP contribution in [0.5, 0.6) is 0 Å². The molecule has 3 aromatic heterocycles. The van der Waals surface area contributed by atoms with Gasteiger partial charge in [-0.1, -0.05) is 34.4 Å². The van der Waals surface area contributed by atoms with Gasteiger partial charge >= 0.3 is 5.97 Å². The highest BCUT2D eigenvalue weighted by Gasteiger charge is 2.21. The summed E-state index contributed by atoms with van der Waals surface area (Å²) in [4.78, 5) is 19.8. The molecule has 1 atom stereocenters. The van der Waals surface area contributed by atoms with E-state index in [9.17, 15) is 9.90 Å². The number of carboxylic acids is 1. The molecule has 0 saturated carbocycles. The molecule has 4 rings (SSSR count). The first kappa shape index (κ1) is 20.9. The van der Waals surface area contributed by atoms with E-state index in [2.05, 4.69) is 15.1 Å². The van der Waals surface area contributed by atoms with E-state index < -0.39 is 11.9 Å². The summed E-state index contributed by atoms with van der Waals surface area (Å²) >= 11 is 12.0. The van der Waals surface area contributed by atoms with Crippen molar-refractivity contribution in [3.05, 3.63) is 82.1 Å². The molecule has 1 unspecified atom stereocenters. The average molecular weight is 458 g/mol. The summed E-state index contributed by atoms with van der Waals surface area (Å²) in [6, 6.07) is 10.4. The lowest BCUT2D eigenvalue weighted by Gasteiger charge is -2.12. The number of pyridine rings is 1. The molecule has 0 amide bonds. The number of carbonyl (C=O) groups is 1. The van der Waals surface area contributed by atoms with Gasteiger partial charge < -0.3 is 19.9 Å². The average Bonchev–Trinajstić information content (AvgIpc) is 3.39. The van der Waals surface area contributed by atoms with Crippen molar-refractivity contribution in [1.29, 1.82) is 0 Å². The summed E-state index contributed by atoms with van der Waals surface area (Å²) in [6.07, 6.45) is 4.87. The quantitative estimate of drug-likeness (QED) is 0.419. The van der Waals surface area contributed by atoms with Gasteiger partial charge in [-0.3, -0.25) is 4.79 Å². The molecule has 0 radical (unpaired) electrons. The Labute approximate surface area is 187 Å². The van der Waals surface area contributed by atoms with Gasteiger partial charge in [-0.25, -0.2) is 9.97 Å². The van der Waals surface area contributed by atoms with Crippen molar-refractivity contribution in [3.8, 4) is 11.3 Å². The predicted octanol–water partition coefficient (Wildman–Crippen LogP) is 4.48. The van der Waals surface area contributed by atoms with E-state index in [1.807, 2.05) is 4.57 Å². The Kier molecular flexibility index (Phi) is 5.92. The maximum Gasteiger partial charge on any atom is 0.304 e. The zero-order chi connectivity index (χ0) is 22.0. The van der Waals surface area contributed by atoms with Gasteiger partial charge in [0.1, 0.15) is 11.5 Å². The molecule has 3 N–H and O–H groups in total. The van der Waals surface area contributed by atoms with E-state index in [0.29, 0.717) is 39.6 Å². The van der Waals surface area contributed by atoms with Crippen LogP contribution in [0.3, 0.4) is 0 Å². The standard InChI is InChI=1S/C21H17Cl2N5O3/c22-16-3-1-12(5-17(16)23)19-6-14(27-31-19)9-28-10-18(26-11-28)15(7-21(29)30)13-2-4-20(24)25-8-13/h1-6,8,10-11,15H,7,9H2,(H2,24,25)(H,29,30). The Morgan fingerprint density at radius 3 is 2.71 bits per heavy atom. The smallest absolute Gasteiger partial charge is 0.304 e. The zero-order valence-electron chi connectivity index (χ0n) is 16.1. The van der Waals surface area contributed by atoms with Crippen LogP contribution >= 0.6 is 23.2 Å². The molecule has 0 aliphatic heterocycles. The molecule has 10 heteroatoms. The highest BCUT2D eigenvalue weighted by molar-refractivity contribution is 6.42. The lowest BCUT2D eigenvalue weighted by Crippen LogP contribution is -2.09. The van der Waals surface area contributed by atoms with Gasteiger partial charge in [0.2, 0.25) is 0 Å². The third-order valence-corrected chi connectivity index (χ3v) is 5.45. The minimum absolute atomic E-state index is 0.117. The van der Waals surface area contributed by atoms with E-state index in [1.165, 1.54) is 0 Å². The molecule has 0 fully saturated rings. The molecule has 0 bridgehead atoms. The highest BCUT2D eigenvalue weighted by atomic mass is 35.5. The Morgan fingerprint density at radius 1 is 1.16 bits per heavy atom. The summed E-state index contributed by atoms with van der Waals surface area (Å²) in [5, 5.41) is 14.3. The zero-order valence-corrected chi connectivity index (χ0v) is 17.6. The van der Waals surface area contributed by atoms with Gasteiger partial charge in [0.25, 0.3) is 0 Å². The Morgan fingerprint density at radius 2 is 2.00 bits per heavy atom. The van der Waals surface area contributed by atoms with E-state index in [4.69, 9.17) is 33.5 Å². The van der Waals surface area contributed by atoms with Crippen LogP contribution < -0.4 is 5.73 Å². The molecule has 8 nitrogen and oxygen atoms in total. The first-order chi connectivity index (χ1) is 14.9. The third-order valence-electron chi connectivity index (χ3n) is 4.71. The molecule has 31 heavy (non-hydrogen) atoms. The number of nitrogen functional groups attached to an aromatic ring is 1. The van der Waals surface area contributed by atoms with Crippen LogP contribution in [0, 0.1) is 0 Å². The predicted molar refractivity (Wildman–Crippen MR) is 116 cm³/mol. The number of aliphatic carboxylic acids is 1. The van der Waals surface area contributed by atoms with E-state index in [-0.39, 0.29) is 6.42 Å².